The Hall–Kier alpha value is -0.740. The van der Waals surface area contributed by atoms with Gasteiger partial charge in [0.1, 0.15) is 11.5 Å². The highest BCUT2D eigenvalue weighted by atomic mass is 79.9. The van der Waals surface area contributed by atoms with Crippen molar-refractivity contribution in [1.29, 1.82) is 0 Å². The van der Waals surface area contributed by atoms with Gasteiger partial charge in [-0.05, 0) is 53.5 Å². The highest BCUT2D eigenvalue weighted by Gasteiger charge is 2.09. The van der Waals surface area contributed by atoms with E-state index in [1.165, 1.54) is 0 Å². The smallest absolute Gasteiger partial charge is 0.133 e. The van der Waals surface area contributed by atoms with E-state index in [0.717, 1.165) is 28.0 Å². The monoisotopic (exact) mass is 273 g/mol. The lowest BCUT2D eigenvalue weighted by Gasteiger charge is -2.12. The molecule has 0 radical (unpaired) electrons. The van der Waals surface area contributed by atoms with Gasteiger partial charge in [0.2, 0.25) is 0 Å². The van der Waals surface area contributed by atoms with Gasteiger partial charge >= 0.3 is 0 Å². The van der Waals surface area contributed by atoms with Crippen LogP contribution >= 0.6 is 15.9 Å². The molecule has 1 rings (SSSR count). The molecule has 2 N–H and O–H groups in total. The summed E-state index contributed by atoms with van der Waals surface area (Å²) in [5.74, 6) is 1.68. The lowest BCUT2D eigenvalue weighted by Crippen LogP contribution is -2.05. The van der Waals surface area contributed by atoms with Crippen molar-refractivity contribution in [2.45, 2.75) is 13.3 Å². The van der Waals surface area contributed by atoms with E-state index in [0.29, 0.717) is 13.2 Å². The van der Waals surface area contributed by atoms with E-state index in [9.17, 15) is 0 Å². The third-order valence-corrected chi connectivity index (χ3v) is 2.67. The Morgan fingerprint density at radius 3 is 2.60 bits per heavy atom. The first-order valence-corrected chi connectivity index (χ1v) is 5.71. The quantitative estimate of drug-likeness (QED) is 0.896. The lowest BCUT2D eigenvalue weighted by atomic mass is 10.1. The van der Waals surface area contributed by atoms with Gasteiger partial charge in [-0.25, -0.2) is 0 Å². The zero-order valence-corrected chi connectivity index (χ0v) is 10.6. The normalized spacial score (nSPS) is 10.1. The van der Waals surface area contributed by atoms with Crippen LogP contribution in [0.15, 0.2) is 16.6 Å². The Morgan fingerprint density at radius 1 is 1.33 bits per heavy atom. The second kappa shape index (κ2) is 5.98. The van der Waals surface area contributed by atoms with Gasteiger partial charge in [-0.15, -0.1) is 0 Å². The molecule has 0 heterocycles. The molecule has 1 aromatic rings. The summed E-state index contributed by atoms with van der Waals surface area (Å²) in [7, 11) is 1.65. The average Bonchev–Trinajstić information content (AvgIpc) is 2.22. The number of rotatable bonds is 5. The van der Waals surface area contributed by atoms with Crippen LogP contribution in [0, 0.1) is 0 Å². The van der Waals surface area contributed by atoms with Gasteiger partial charge in [-0.1, -0.05) is 0 Å². The van der Waals surface area contributed by atoms with E-state index >= 15 is 0 Å². The summed E-state index contributed by atoms with van der Waals surface area (Å²) in [6.45, 7) is 3.21. The maximum atomic E-state index is 5.55. The molecule has 3 nitrogen and oxygen atoms in total. The third-order valence-electron chi connectivity index (χ3n) is 2.05. The minimum absolute atomic E-state index is 0.602. The molecule has 4 heteroatoms. The molecule has 0 fully saturated rings. The van der Waals surface area contributed by atoms with E-state index in [1.54, 1.807) is 7.11 Å². The fourth-order valence-electron chi connectivity index (χ4n) is 1.37. The first-order chi connectivity index (χ1) is 7.22. The standard InChI is InChI=1S/C11H16BrNO2/c1-3-15-10-7-9(12)11(14-2)6-8(10)4-5-13/h6-7H,3-5,13H2,1-2H3. The number of nitrogens with two attached hydrogens (primary N) is 1. The zero-order chi connectivity index (χ0) is 11.3. The summed E-state index contributed by atoms with van der Waals surface area (Å²) >= 11 is 3.43. The van der Waals surface area contributed by atoms with E-state index < -0.39 is 0 Å². The van der Waals surface area contributed by atoms with Gasteiger partial charge < -0.3 is 15.2 Å². The van der Waals surface area contributed by atoms with Crippen molar-refractivity contribution < 1.29 is 9.47 Å². The SMILES string of the molecule is CCOc1cc(Br)c(OC)cc1CCN. The molecule has 0 spiro atoms. The van der Waals surface area contributed by atoms with Crippen molar-refractivity contribution in [3.8, 4) is 11.5 Å². The van der Waals surface area contributed by atoms with E-state index in [-0.39, 0.29) is 0 Å². The summed E-state index contributed by atoms with van der Waals surface area (Å²) in [6.07, 6.45) is 0.791. The van der Waals surface area contributed by atoms with Gasteiger partial charge in [-0.3, -0.25) is 0 Å². The van der Waals surface area contributed by atoms with E-state index in [1.807, 2.05) is 19.1 Å². The molecule has 0 aromatic heterocycles. The topological polar surface area (TPSA) is 44.5 Å². The van der Waals surface area contributed by atoms with Crippen LogP contribution in [0.2, 0.25) is 0 Å². The maximum Gasteiger partial charge on any atom is 0.133 e. The van der Waals surface area contributed by atoms with Crippen LogP contribution in [0.1, 0.15) is 12.5 Å². The first-order valence-electron chi connectivity index (χ1n) is 4.92. The average molecular weight is 274 g/mol. The summed E-state index contributed by atoms with van der Waals surface area (Å²) in [5, 5.41) is 0. The van der Waals surface area contributed by atoms with Crippen molar-refractivity contribution in [2.75, 3.05) is 20.3 Å². The summed E-state index contributed by atoms with van der Waals surface area (Å²) < 4.78 is 11.6. The number of ether oxygens (including phenoxy) is 2. The van der Waals surface area contributed by atoms with Crippen molar-refractivity contribution in [2.24, 2.45) is 5.73 Å². The van der Waals surface area contributed by atoms with Gasteiger partial charge in [0.15, 0.2) is 0 Å². The van der Waals surface area contributed by atoms with Crippen LogP contribution in [-0.2, 0) is 6.42 Å². The van der Waals surface area contributed by atoms with Crippen LogP contribution in [0.3, 0.4) is 0 Å². The summed E-state index contributed by atoms with van der Waals surface area (Å²) in [5.41, 5.74) is 6.63. The van der Waals surface area contributed by atoms with Crippen molar-refractivity contribution >= 4 is 15.9 Å². The van der Waals surface area contributed by atoms with Crippen molar-refractivity contribution in [3.63, 3.8) is 0 Å². The number of benzene rings is 1. The predicted octanol–water partition coefficient (Wildman–Crippen LogP) is 2.36. The molecule has 84 valence electrons. The van der Waals surface area contributed by atoms with Gasteiger partial charge in [0.05, 0.1) is 18.2 Å². The number of halogens is 1. The molecule has 0 aliphatic heterocycles. The molecule has 0 saturated carbocycles. The highest BCUT2D eigenvalue weighted by molar-refractivity contribution is 9.10. The molecule has 0 saturated heterocycles. The first kappa shape index (κ1) is 12.3. The van der Waals surface area contributed by atoms with Gasteiger partial charge in [0.25, 0.3) is 0 Å². The number of methoxy groups -OCH3 is 1. The molecule has 0 amide bonds. The van der Waals surface area contributed by atoms with Crippen LogP contribution < -0.4 is 15.2 Å². The van der Waals surface area contributed by atoms with Crippen LogP contribution in [-0.4, -0.2) is 20.3 Å². The van der Waals surface area contributed by atoms with Crippen LogP contribution in [0.4, 0.5) is 0 Å². The molecular formula is C11H16BrNO2. The Kier molecular flexibility index (Phi) is 4.91. The lowest BCUT2D eigenvalue weighted by molar-refractivity contribution is 0.334. The minimum atomic E-state index is 0.602. The Balaban J connectivity index is 3.07. The fraction of sp³-hybridized carbons (Fsp3) is 0.455. The fourth-order valence-corrected chi connectivity index (χ4v) is 1.86. The third kappa shape index (κ3) is 3.11. The van der Waals surface area contributed by atoms with Gasteiger partial charge in [0, 0.05) is 0 Å². The molecule has 0 unspecified atom stereocenters. The van der Waals surface area contributed by atoms with E-state index in [2.05, 4.69) is 15.9 Å². The second-order valence-electron chi connectivity index (χ2n) is 3.07. The maximum absolute atomic E-state index is 5.55. The molecular weight excluding hydrogens is 258 g/mol. The highest BCUT2D eigenvalue weighted by Crippen LogP contribution is 2.32. The minimum Gasteiger partial charge on any atom is -0.496 e. The predicted molar refractivity (Wildman–Crippen MR) is 64.6 cm³/mol. The molecule has 0 aliphatic carbocycles. The largest absolute Gasteiger partial charge is 0.496 e. The van der Waals surface area contributed by atoms with Crippen LogP contribution in [0.5, 0.6) is 11.5 Å². The molecule has 1 aromatic carbocycles. The second-order valence-corrected chi connectivity index (χ2v) is 3.92. The molecule has 0 bridgehead atoms. The summed E-state index contributed by atoms with van der Waals surface area (Å²) in [6, 6.07) is 3.88. The Bertz CT molecular complexity index is 329. The molecule has 0 atom stereocenters. The Labute approximate surface area is 98.7 Å². The van der Waals surface area contributed by atoms with E-state index in [4.69, 9.17) is 15.2 Å². The van der Waals surface area contributed by atoms with Crippen molar-refractivity contribution in [1.82, 2.24) is 0 Å². The van der Waals surface area contributed by atoms with Crippen molar-refractivity contribution in [3.05, 3.63) is 22.2 Å². The zero-order valence-electron chi connectivity index (χ0n) is 9.05. The summed E-state index contributed by atoms with van der Waals surface area (Å²) in [4.78, 5) is 0. The van der Waals surface area contributed by atoms with Gasteiger partial charge in [-0.2, -0.15) is 0 Å². The molecule has 0 aliphatic rings. The number of hydrogen-bond acceptors (Lipinski definition) is 3. The van der Waals surface area contributed by atoms with Crippen LogP contribution in [0.25, 0.3) is 0 Å². The molecule has 15 heavy (non-hydrogen) atoms. The Morgan fingerprint density at radius 2 is 2.07 bits per heavy atom. The number of hydrogen-bond donors (Lipinski definition) is 1.